The van der Waals surface area contributed by atoms with Crippen LogP contribution >= 0.6 is 0 Å². The Morgan fingerprint density at radius 3 is 2.56 bits per heavy atom. The van der Waals surface area contributed by atoms with Gasteiger partial charge >= 0.3 is 0 Å². The molecule has 2 aromatic carbocycles. The second-order valence-corrected chi connectivity index (χ2v) is 7.72. The number of rotatable bonds is 8. The van der Waals surface area contributed by atoms with Crippen molar-refractivity contribution in [1.82, 2.24) is 15.1 Å². The highest BCUT2D eigenvalue weighted by molar-refractivity contribution is 5.97. The average Bonchev–Trinajstić information content (AvgIpc) is 2.81. The molecule has 8 heteroatoms. The fourth-order valence-corrected chi connectivity index (χ4v) is 3.66. The van der Waals surface area contributed by atoms with E-state index in [0.717, 1.165) is 18.7 Å². The Kier molecular flexibility index (Phi) is 8.21. The first kappa shape index (κ1) is 23.3. The summed E-state index contributed by atoms with van der Waals surface area (Å²) in [6, 6.07) is 14.4. The number of ether oxygens (including phenoxy) is 1. The standard InChI is InChI=1S/C24H30N4O4/c1-18(29)26-21-7-4-6-20(16-21)24(31)28(17-19-5-3-8-22(15-19)32-2)12-9-23(30)27-13-10-25-11-14-27/h3-8,15-16,25H,9-14,17H2,1-2H3,(H,26,29). The predicted molar refractivity (Wildman–Crippen MR) is 123 cm³/mol. The zero-order chi connectivity index (χ0) is 22.9. The highest BCUT2D eigenvalue weighted by Crippen LogP contribution is 2.18. The number of benzene rings is 2. The summed E-state index contributed by atoms with van der Waals surface area (Å²) in [7, 11) is 1.60. The summed E-state index contributed by atoms with van der Waals surface area (Å²) in [6.07, 6.45) is 0.251. The van der Waals surface area contributed by atoms with E-state index in [-0.39, 0.29) is 24.1 Å². The summed E-state index contributed by atoms with van der Waals surface area (Å²) < 4.78 is 5.30. The Bertz CT molecular complexity index is 957. The van der Waals surface area contributed by atoms with Crippen LogP contribution in [0.4, 0.5) is 5.69 Å². The average molecular weight is 439 g/mol. The van der Waals surface area contributed by atoms with Crippen molar-refractivity contribution in [2.75, 3.05) is 45.2 Å². The Balaban J connectivity index is 1.77. The van der Waals surface area contributed by atoms with E-state index < -0.39 is 0 Å². The van der Waals surface area contributed by atoms with Crippen LogP contribution in [0.15, 0.2) is 48.5 Å². The molecule has 0 aromatic heterocycles. The molecule has 0 spiro atoms. The van der Waals surface area contributed by atoms with Crippen LogP contribution in [0, 0.1) is 0 Å². The van der Waals surface area contributed by atoms with Gasteiger partial charge in [0.05, 0.1) is 7.11 Å². The first-order valence-electron chi connectivity index (χ1n) is 10.7. The lowest BCUT2D eigenvalue weighted by molar-refractivity contribution is -0.132. The Morgan fingerprint density at radius 2 is 1.84 bits per heavy atom. The first-order chi connectivity index (χ1) is 15.5. The van der Waals surface area contributed by atoms with E-state index in [4.69, 9.17) is 4.74 Å². The number of anilines is 1. The van der Waals surface area contributed by atoms with Gasteiger partial charge in [0.25, 0.3) is 5.91 Å². The molecule has 0 bridgehead atoms. The lowest BCUT2D eigenvalue weighted by Gasteiger charge is -2.29. The van der Waals surface area contributed by atoms with E-state index in [0.29, 0.717) is 43.2 Å². The number of nitrogens with zero attached hydrogens (tertiary/aromatic N) is 2. The van der Waals surface area contributed by atoms with Crippen molar-refractivity contribution in [3.63, 3.8) is 0 Å². The Labute approximate surface area is 188 Å². The molecule has 1 fully saturated rings. The summed E-state index contributed by atoms with van der Waals surface area (Å²) in [5, 5.41) is 5.94. The van der Waals surface area contributed by atoms with E-state index >= 15 is 0 Å². The molecule has 1 aliphatic heterocycles. The van der Waals surface area contributed by atoms with Gasteiger partial charge < -0.3 is 25.2 Å². The quantitative estimate of drug-likeness (QED) is 0.659. The molecule has 0 radical (unpaired) electrons. The van der Waals surface area contributed by atoms with Gasteiger partial charge in [0, 0.05) is 63.9 Å². The largest absolute Gasteiger partial charge is 0.497 e. The molecule has 170 valence electrons. The van der Waals surface area contributed by atoms with Gasteiger partial charge in [-0.25, -0.2) is 0 Å². The number of hydrogen-bond acceptors (Lipinski definition) is 5. The second kappa shape index (κ2) is 11.3. The maximum absolute atomic E-state index is 13.4. The predicted octanol–water partition coefficient (Wildman–Crippen LogP) is 2.12. The third-order valence-corrected chi connectivity index (χ3v) is 5.29. The maximum Gasteiger partial charge on any atom is 0.254 e. The van der Waals surface area contributed by atoms with Crippen LogP contribution in [0.5, 0.6) is 5.75 Å². The number of piperazine rings is 1. The summed E-state index contributed by atoms with van der Waals surface area (Å²) in [4.78, 5) is 41.0. The first-order valence-corrected chi connectivity index (χ1v) is 10.7. The summed E-state index contributed by atoms with van der Waals surface area (Å²) >= 11 is 0. The fraction of sp³-hybridized carbons (Fsp3) is 0.375. The van der Waals surface area contributed by atoms with Gasteiger partial charge in [0.2, 0.25) is 11.8 Å². The molecule has 8 nitrogen and oxygen atoms in total. The molecular formula is C24H30N4O4. The number of hydrogen-bond donors (Lipinski definition) is 2. The van der Waals surface area contributed by atoms with Crippen LogP contribution in [0.25, 0.3) is 0 Å². The van der Waals surface area contributed by atoms with Crippen molar-refractivity contribution >= 4 is 23.4 Å². The zero-order valence-corrected chi connectivity index (χ0v) is 18.6. The van der Waals surface area contributed by atoms with Gasteiger partial charge in [0.1, 0.15) is 5.75 Å². The minimum Gasteiger partial charge on any atom is -0.497 e. The van der Waals surface area contributed by atoms with Crippen LogP contribution in [0.1, 0.15) is 29.3 Å². The molecule has 2 N–H and O–H groups in total. The third kappa shape index (κ3) is 6.55. The third-order valence-electron chi connectivity index (χ3n) is 5.29. The van der Waals surface area contributed by atoms with Crippen molar-refractivity contribution in [1.29, 1.82) is 0 Å². The minimum atomic E-state index is -0.204. The molecule has 2 aromatic rings. The van der Waals surface area contributed by atoms with Gasteiger partial charge in [0.15, 0.2) is 0 Å². The van der Waals surface area contributed by atoms with Crippen LogP contribution in [-0.4, -0.2) is 67.4 Å². The molecule has 32 heavy (non-hydrogen) atoms. The second-order valence-electron chi connectivity index (χ2n) is 7.72. The SMILES string of the molecule is COc1cccc(CN(CCC(=O)N2CCNCC2)C(=O)c2cccc(NC(C)=O)c2)c1. The molecule has 1 saturated heterocycles. The monoisotopic (exact) mass is 438 g/mol. The van der Waals surface area contributed by atoms with Gasteiger partial charge in [-0.05, 0) is 35.9 Å². The number of carbonyl (C=O) groups is 3. The van der Waals surface area contributed by atoms with Crippen LogP contribution in [0.3, 0.4) is 0 Å². The molecule has 0 unspecified atom stereocenters. The summed E-state index contributed by atoms with van der Waals surface area (Å²) in [5.41, 5.74) is 1.92. The fourth-order valence-electron chi connectivity index (χ4n) is 3.66. The number of amides is 3. The van der Waals surface area contributed by atoms with Crippen molar-refractivity contribution in [2.24, 2.45) is 0 Å². The van der Waals surface area contributed by atoms with E-state index in [1.165, 1.54) is 6.92 Å². The highest BCUT2D eigenvalue weighted by atomic mass is 16.5. The van der Waals surface area contributed by atoms with Gasteiger partial charge in [-0.1, -0.05) is 18.2 Å². The van der Waals surface area contributed by atoms with E-state index in [2.05, 4.69) is 10.6 Å². The van der Waals surface area contributed by atoms with E-state index in [1.54, 1.807) is 36.3 Å². The molecule has 0 aliphatic carbocycles. The lowest BCUT2D eigenvalue weighted by Crippen LogP contribution is -2.47. The molecule has 0 atom stereocenters. The van der Waals surface area contributed by atoms with Gasteiger partial charge in [-0.2, -0.15) is 0 Å². The normalized spacial score (nSPS) is 13.4. The Morgan fingerprint density at radius 1 is 1.09 bits per heavy atom. The molecular weight excluding hydrogens is 408 g/mol. The van der Waals surface area contributed by atoms with E-state index in [9.17, 15) is 14.4 Å². The summed E-state index contributed by atoms with van der Waals surface area (Å²) in [6.45, 7) is 4.99. The minimum absolute atomic E-state index is 0.0435. The Hall–Kier alpha value is -3.39. The summed E-state index contributed by atoms with van der Waals surface area (Å²) in [5.74, 6) is 0.346. The molecule has 1 aliphatic rings. The van der Waals surface area contributed by atoms with E-state index in [1.807, 2.05) is 29.2 Å². The number of methoxy groups -OCH3 is 1. The zero-order valence-electron chi connectivity index (χ0n) is 18.6. The van der Waals surface area contributed by atoms with Crippen LogP contribution in [-0.2, 0) is 16.1 Å². The number of nitrogens with one attached hydrogen (secondary N) is 2. The highest BCUT2D eigenvalue weighted by Gasteiger charge is 2.21. The molecule has 1 heterocycles. The van der Waals surface area contributed by atoms with Crippen LogP contribution < -0.4 is 15.4 Å². The lowest BCUT2D eigenvalue weighted by atomic mass is 10.1. The van der Waals surface area contributed by atoms with Crippen molar-refractivity contribution in [3.8, 4) is 5.75 Å². The van der Waals surface area contributed by atoms with Crippen molar-refractivity contribution in [3.05, 3.63) is 59.7 Å². The smallest absolute Gasteiger partial charge is 0.254 e. The maximum atomic E-state index is 13.4. The molecule has 0 saturated carbocycles. The molecule has 3 amide bonds. The number of carbonyl (C=O) groups excluding carboxylic acids is 3. The van der Waals surface area contributed by atoms with Crippen molar-refractivity contribution < 1.29 is 19.1 Å². The van der Waals surface area contributed by atoms with Crippen LogP contribution in [0.2, 0.25) is 0 Å². The van der Waals surface area contributed by atoms with Gasteiger partial charge in [-0.15, -0.1) is 0 Å². The van der Waals surface area contributed by atoms with Crippen molar-refractivity contribution in [2.45, 2.75) is 19.9 Å². The molecule has 3 rings (SSSR count). The van der Waals surface area contributed by atoms with Gasteiger partial charge in [-0.3, -0.25) is 14.4 Å². The topological polar surface area (TPSA) is 91.0 Å².